The summed E-state index contributed by atoms with van der Waals surface area (Å²) in [5, 5.41) is 5.34. The van der Waals surface area contributed by atoms with E-state index in [1.165, 1.54) is 12.1 Å². The van der Waals surface area contributed by atoms with Gasteiger partial charge in [0, 0.05) is 12.6 Å². The van der Waals surface area contributed by atoms with Gasteiger partial charge in [-0.3, -0.25) is 9.59 Å². The van der Waals surface area contributed by atoms with Crippen molar-refractivity contribution in [2.24, 2.45) is 11.7 Å². The highest BCUT2D eigenvalue weighted by Gasteiger charge is 2.31. The van der Waals surface area contributed by atoms with Crippen molar-refractivity contribution in [1.29, 1.82) is 0 Å². The zero-order valence-corrected chi connectivity index (χ0v) is 13.0. The lowest BCUT2D eigenvalue weighted by atomic mass is 10.1. The van der Waals surface area contributed by atoms with Crippen LogP contribution in [0.1, 0.15) is 18.4 Å². The van der Waals surface area contributed by atoms with Gasteiger partial charge in [-0.2, -0.15) is 0 Å². The molecule has 22 heavy (non-hydrogen) atoms. The molecule has 1 saturated carbocycles. The molecule has 1 aromatic carbocycles. The molecule has 1 aliphatic rings. The molecule has 1 aromatic rings. The first-order chi connectivity index (χ1) is 10.1. The summed E-state index contributed by atoms with van der Waals surface area (Å²) in [4.78, 5) is 23.4. The molecule has 1 fully saturated rings. The van der Waals surface area contributed by atoms with Gasteiger partial charge in [0.1, 0.15) is 5.82 Å². The lowest BCUT2D eigenvalue weighted by Gasteiger charge is -2.16. The molecule has 0 radical (unpaired) electrons. The van der Waals surface area contributed by atoms with Crippen molar-refractivity contribution in [3.05, 3.63) is 35.6 Å². The second kappa shape index (κ2) is 8.70. The fraction of sp³-hybridized carbons (Fsp3) is 0.467. The first-order valence-corrected chi connectivity index (χ1v) is 7.09. The normalized spacial score (nSPS) is 14.6. The highest BCUT2D eigenvalue weighted by atomic mass is 35.5. The Morgan fingerprint density at radius 1 is 1.32 bits per heavy atom. The molecule has 2 rings (SSSR count). The van der Waals surface area contributed by atoms with Crippen molar-refractivity contribution in [1.82, 2.24) is 10.6 Å². The van der Waals surface area contributed by atoms with Crippen LogP contribution < -0.4 is 16.4 Å². The first-order valence-electron chi connectivity index (χ1n) is 7.09. The van der Waals surface area contributed by atoms with Crippen molar-refractivity contribution in [3.8, 4) is 0 Å². The SMILES string of the molecule is Cl.NCC(NC(=O)CNC(=O)Cc1cccc(F)c1)C1CC1. The summed E-state index contributed by atoms with van der Waals surface area (Å²) < 4.78 is 13.0. The minimum absolute atomic E-state index is 0. The Hall–Kier alpha value is -1.66. The van der Waals surface area contributed by atoms with Crippen LogP contribution in [0.2, 0.25) is 0 Å². The predicted octanol–water partition coefficient (Wildman–Crippen LogP) is 0.760. The molecule has 7 heteroatoms. The highest BCUT2D eigenvalue weighted by molar-refractivity contribution is 5.86. The van der Waals surface area contributed by atoms with E-state index >= 15 is 0 Å². The smallest absolute Gasteiger partial charge is 0.239 e. The van der Waals surface area contributed by atoms with Gasteiger partial charge in [-0.25, -0.2) is 4.39 Å². The van der Waals surface area contributed by atoms with Gasteiger partial charge in [-0.1, -0.05) is 12.1 Å². The van der Waals surface area contributed by atoms with E-state index in [2.05, 4.69) is 10.6 Å². The molecule has 0 aliphatic heterocycles. The number of carbonyl (C=O) groups excluding carboxylic acids is 2. The lowest BCUT2D eigenvalue weighted by Crippen LogP contribution is -2.46. The number of benzene rings is 1. The second-order valence-electron chi connectivity index (χ2n) is 5.33. The maximum absolute atomic E-state index is 13.0. The Morgan fingerprint density at radius 2 is 2.05 bits per heavy atom. The molecule has 5 nitrogen and oxygen atoms in total. The second-order valence-corrected chi connectivity index (χ2v) is 5.33. The maximum atomic E-state index is 13.0. The first kappa shape index (κ1) is 18.4. The fourth-order valence-electron chi connectivity index (χ4n) is 2.20. The van der Waals surface area contributed by atoms with Crippen molar-refractivity contribution in [2.45, 2.75) is 25.3 Å². The topological polar surface area (TPSA) is 84.2 Å². The molecule has 1 unspecified atom stereocenters. The van der Waals surface area contributed by atoms with E-state index < -0.39 is 0 Å². The molecule has 1 atom stereocenters. The van der Waals surface area contributed by atoms with Gasteiger partial charge in [-0.15, -0.1) is 12.4 Å². The van der Waals surface area contributed by atoms with E-state index in [-0.39, 0.29) is 49.0 Å². The van der Waals surface area contributed by atoms with E-state index in [0.29, 0.717) is 18.0 Å². The van der Waals surface area contributed by atoms with Crippen LogP contribution >= 0.6 is 12.4 Å². The summed E-state index contributed by atoms with van der Waals surface area (Å²) in [7, 11) is 0. The van der Waals surface area contributed by atoms with Crippen LogP contribution in [0, 0.1) is 11.7 Å². The summed E-state index contributed by atoms with van der Waals surface area (Å²) >= 11 is 0. The monoisotopic (exact) mass is 329 g/mol. The molecular formula is C15H21ClFN3O2. The van der Waals surface area contributed by atoms with Crippen molar-refractivity contribution < 1.29 is 14.0 Å². The van der Waals surface area contributed by atoms with Crippen LogP contribution in [0.5, 0.6) is 0 Å². The summed E-state index contributed by atoms with van der Waals surface area (Å²) in [6.07, 6.45) is 2.23. The molecule has 0 heterocycles. The number of rotatable bonds is 7. The summed E-state index contributed by atoms with van der Waals surface area (Å²) in [5.74, 6) is -0.466. The van der Waals surface area contributed by atoms with Gasteiger partial charge in [-0.05, 0) is 36.5 Å². The third-order valence-corrected chi connectivity index (χ3v) is 3.49. The minimum atomic E-state index is -0.381. The molecular weight excluding hydrogens is 309 g/mol. The van der Waals surface area contributed by atoms with Gasteiger partial charge >= 0.3 is 0 Å². The Labute approximate surface area is 135 Å². The molecule has 0 bridgehead atoms. The predicted molar refractivity (Wildman–Crippen MR) is 84.1 cm³/mol. The zero-order chi connectivity index (χ0) is 15.2. The summed E-state index contributed by atoms with van der Waals surface area (Å²) in [6, 6.07) is 5.83. The number of amides is 2. The Morgan fingerprint density at radius 3 is 2.64 bits per heavy atom. The van der Waals surface area contributed by atoms with Crippen LogP contribution in [0.15, 0.2) is 24.3 Å². The van der Waals surface area contributed by atoms with E-state index in [9.17, 15) is 14.0 Å². The maximum Gasteiger partial charge on any atom is 0.239 e. The van der Waals surface area contributed by atoms with Crippen molar-refractivity contribution in [2.75, 3.05) is 13.1 Å². The standard InChI is InChI=1S/C15H20FN3O2.ClH/c16-12-3-1-2-10(6-12)7-14(20)18-9-15(21)19-13(8-17)11-4-5-11;/h1-3,6,11,13H,4-5,7-9,17H2,(H,18,20)(H,19,21);1H. The zero-order valence-electron chi connectivity index (χ0n) is 12.2. The van der Waals surface area contributed by atoms with Crippen LogP contribution in [0.25, 0.3) is 0 Å². The third kappa shape index (κ3) is 5.99. The molecule has 0 spiro atoms. The number of carbonyl (C=O) groups is 2. The molecule has 0 aromatic heterocycles. The van der Waals surface area contributed by atoms with Crippen molar-refractivity contribution in [3.63, 3.8) is 0 Å². The van der Waals surface area contributed by atoms with Crippen LogP contribution in [0.3, 0.4) is 0 Å². The van der Waals surface area contributed by atoms with Gasteiger partial charge in [0.2, 0.25) is 11.8 Å². The molecule has 4 N–H and O–H groups in total. The third-order valence-electron chi connectivity index (χ3n) is 3.49. The Kier molecular flexibility index (Phi) is 7.27. The largest absolute Gasteiger partial charge is 0.350 e. The number of hydrogen-bond acceptors (Lipinski definition) is 3. The van der Waals surface area contributed by atoms with Gasteiger partial charge in [0.05, 0.1) is 13.0 Å². The molecule has 122 valence electrons. The average molecular weight is 330 g/mol. The van der Waals surface area contributed by atoms with Crippen LogP contribution in [-0.2, 0) is 16.0 Å². The summed E-state index contributed by atoms with van der Waals surface area (Å²) in [5.41, 5.74) is 6.17. The number of nitrogens with two attached hydrogens (primary N) is 1. The number of hydrogen-bond donors (Lipinski definition) is 3. The average Bonchev–Trinajstić information content (AvgIpc) is 3.27. The Bertz CT molecular complexity index is 523. The van der Waals surface area contributed by atoms with E-state index in [0.717, 1.165) is 12.8 Å². The summed E-state index contributed by atoms with van der Waals surface area (Å²) in [6.45, 7) is 0.324. The van der Waals surface area contributed by atoms with Crippen LogP contribution in [0.4, 0.5) is 4.39 Å². The number of halogens is 2. The fourth-order valence-corrected chi connectivity index (χ4v) is 2.20. The van der Waals surface area contributed by atoms with E-state index in [1.54, 1.807) is 12.1 Å². The quantitative estimate of drug-likeness (QED) is 0.690. The van der Waals surface area contributed by atoms with Crippen molar-refractivity contribution >= 4 is 24.2 Å². The van der Waals surface area contributed by atoms with Gasteiger partial charge in [0.25, 0.3) is 0 Å². The number of nitrogens with one attached hydrogen (secondary N) is 2. The van der Waals surface area contributed by atoms with Crippen LogP contribution in [-0.4, -0.2) is 30.9 Å². The highest BCUT2D eigenvalue weighted by Crippen LogP contribution is 2.32. The lowest BCUT2D eigenvalue weighted by molar-refractivity contribution is -0.126. The van der Waals surface area contributed by atoms with Gasteiger partial charge < -0.3 is 16.4 Å². The molecule has 1 aliphatic carbocycles. The van der Waals surface area contributed by atoms with Gasteiger partial charge in [0.15, 0.2) is 0 Å². The van der Waals surface area contributed by atoms with E-state index in [4.69, 9.17) is 5.73 Å². The Balaban J connectivity index is 0.00000242. The molecule has 0 saturated heterocycles. The molecule has 2 amide bonds. The van der Waals surface area contributed by atoms with E-state index in [1.807, 2.05) is 0 Å². The minimum Gasteiger partial charge on any atom is -0.350 e.